The molecule has 3 amide bonds. The minimum absolute atomic E-state index is 0.0507. The number of fused-ring (bicyclic) bond motifs is 1. The smallest absolute Gasteiger partial charge is 0.265 e. The summed E-state index contributed by atoms with van der Waals surface area (Å²) < 4.78 is 11.1. The molecule has 3 aromatic rings. The third-order valence-electron chi connectivity index (χ3n) is 8.30. The van der Waals surface area contributed by atoms with Gasteiger partial charge in [-0.2, -0.15) is 0 Å². The van der Waals surface area contributed by atoms with Crippen LogP contribution in [0, 0.1) is 0 Å². The van der Waals surface area contributed by atoms with Gasteiger partial charge in [0.05, 0.1) is 35.0 Å². The number of morpholine rings is 1. The molecule has 1 unspecified atom stereocenters. The highest BCUT2D eigenvalue weighted by molar-refractivity contribution is 6.42. The van der Waals surface area contributed by atoms with Crippen LogP contribution in [0.25, 0.3) is 11.1 Å². The molecule has 44 heavy (non-hydrogen) atoms. The van der Waals surface area contributed by atoms with E-state index in [0.29, 0.717) is 47.8 Å². The number of hydrogen-bond acceptors (Lipinski definition) is 6. The van der Waals surface area contributed by atoms with Crippen LogP contribution in [-0.4, -0.2) is 86.6 Å². The molecule has 1 aliphatic carbocycles. The zero-order chi connectivity index (χ0) is 30.8. The van der Waals surface area contributed by atoms with Crippen molar-refractivity contribution >= 4 is 46.6 Å². The summed E-state index contributed by atoms with van der Waals surface area (Å²) in [6.45, 7) is 3.02. The first-order chi connectivity index (χ1) is 21.3. The standard InChI is InChI=1S/C33H34Cl2N4O5/c1-37(31(40)19-39-28-16-26(34)27(35)17-30(28)44-20-32(39)41)29(18-38-11-13-43-14-12-38)24-4-2-3-23(15-24)21-5-7-22(8-6-21)33(42)36-25-9-10-25/h2-8,15-17,25,29H,9-14,18-20H2,1H3,(H,36,42). The summed E-state index contributed by atoms with van der Waals surface area (Å²) in [5.41, 5.74) is 3.96. The van der Waals surface area contributed by atoms with E-state index in [9.17, 15) is 14.4 Å². The van der Waals surface area contributed by atoms with Crippen molar-refractivity contribution < 1.29 is 23.9 Å². The lowest BCUT2D eigenvalue weighted by Gasteiger charge is -2.37. The summed E-state index contributed by atoms with van der Waals surface area (Å²) >= 11 is 12.4. The highest BCUT2D eigenvalue weighted by Gasteiger charge is 2.32. The second kappa shape index (κ2) is 13.2. The van der Waals surface area contributed by atoms with Crippen LogP contribution < -0.4 is 15.0 Å². The maximum atomic E-state index is 13.9. The van der Waals surface area contributed by atoms with Gasteiger partial charge in [-0.1, -0.05) is 53.5 Å². The molecule has 2 heterocycles. The van der Waals surface area contributed by atoms with Crippen LogP contribution in [-0.2, 0) is 14.3 Å². The zero-order valence-electron chi connectivity index (χ0n) is 24.4. The van der Waals surface area contributed by atoms with Crippen LogP contribution in [0.1, 0.15) is 34.8 Å². The Hall–Kier alpha value is -3.63. The maximum Gasteiger partial charge on any atom is 0.265 e. The van der Waals surface area contributed by atoms with E-state index < -0.39 is 0 Å². The second-order valence-electron chi connectivity index (χ2n) is 11.4. The summed E-state index contributed by atoms with van der Waals surface area (Å²) in [4.78, 5) is 44.6. The lowest BCUT2D eigenvalue weighted by molar-refractivity contribution is -0.133. The number of benzene rings is 3. The molecule has 9 nitrogen and oxygen atoms in total. The first-order valence-electron chi connectivity index (χ1n) is 14.8. The number of nitrogens with zero attached hydrogens (tertiary/aromatic N) is 3. The molecule has 3 aliphatic rings. The molecule has 1 N–H and O–H groups in total. The van der Waals surface area contributed by atoms with Crippen molar-refractivity contribution in [2.24, 2.45) is 0 Å². The van der Waals surface area contributed by atoms with E-state index in [-0.39, 0.29) is 41.9 Å². The van der Waals surface area contributed by atoms with Crippen LogP contribution in [0.3, 0.4) is 0 Å². The third-order valence-corrected chi connectivity index (χ3v) is 9.02. The van der Waals surface area contributed by atoms with Crippen molar-refractivity contribution in [3.8, 4) is 16.9 Å². The molecule has 1 atom stereocenters. The zero-order valence-corrected chi connectivity index (χ0v) is 25.9. The number of hydrogen-bond donors (Lipinski definition) is 1. The average molecular weight is 638 g/mol. The Morgan fingerprint density at radius 1 is 1.00 bits per heavy atom. The van der Waals surface area contributed by atoms with E-state index >= 15 is 0 Å². The molecule has 2 aliphatic heterocycles. The van der Waals surface area contributed by atoms with Crippen molar-refractivity contribution in [2.75, 3.05) is 57.9 Å². The minimum Gasteiger partial charge on any atom is -0.482 e. The van der Waals surface area contributed by atoms with Gasteiger partial charge in [0.15, 0.2) is 6.61 Å². The molecule has 0 spiro atoms. The molecule has 6 rings (SSSR count). The molecule has 1 saturated heterocycles. The van der Waals surface area contributed by atoms with Crippen molar-refractivity contribution in [2.45, 2.75) is 24.9 Å². The second-order valence-corrected chi connectivity index (χ2v) is 12.2. The van der Waals surface area contributed by atoms with Crippen LogP contribution in [0.15, 0.2) is 60.7 Å². The van der Waals surface area contributed by atoms with Gasteiger partial charge in [-0.3, -0.25) is 24.2 Å². The Balaban J connectivity index is 1.24. The number of ether oxygens (including phenoxy) is 2. The van der Waals surface area contributed by atoms with Crippen molar-refractivity contribution in [3.05, 3.63) is 81.8 Å². The SMILES string of the molecule is CN(C(=O)CN1C(=O)COc2cc(Cl)c(Cl)cc21)C(CN1CCOCC1)c1cccc(-c2ccc(C(=O)NC3CC3)cc2)c1. The van der Waals surface area contributed by atoms with Crippen LogP contribution in [0.4, 0.5) is 5.69 Å². The van der Waals surface area contributed by atoms with Crippen LogP contribution in [0.2, 0.25) is 10.0 Å². The highest BCUT2D eigenvalue weighted by Crippen LogP contribution is 2.39. The van der Waals surface area contributed by atoms with Gasteiger partial charge in [-0.05, 0) is 53.8 Å². The quantitative estimate of drug-likeness (QED) is 0.363. The van der Waals surface area contributed by atoms with Gasteiger partial charge < -0.3 is 19.7 Å². The van der Waals surface area contributed by atoms with Crippen molar-refractivity contribution in [1.82, 2.24) is 15.1 Å². The van der Waals surface area contributed by atoms with Crippen LogP contribution in [0.5, 0.6) is 5.75 Å². The summed E-state index contributed by atoms with van der Waals surface area (Å²) in [7, 11) is 1.77. The van der Waals surface area contributed by atoms with E-state index in [2.05, 4.69) is 16.3 Å². The topological polar surface area (TPSA) is 91.4 Å². The van der Waals surface area contributed by atoms with Crippen LogP contribution >= 0.6 is 23.2 Å². The normalized spacial score (nSPS) is 17.4. The number of anilines is 1. The summed E-state index contributed by atoms with van der Waals surface area (Å²) in [5, 5.41) is 3.61. The minimum atomic E-state index is -0.335. The number of rotatable bonds is 9. The van der Waals surface area contributed by atoms with Gasteiger partial charge in [-0.25, -0.2) is 0 Å². The Labute approximate surface area is 266 Å². The largest absolute Gasteiger partial charge is 0.482 e. The van der Waals surface area contributed by atoms with E-state index in [0.717, 1.165) is 42.6 Å². The molecule has 2 fully saturated rings. The summed E-state index contributed by atoms with van der Waals surface area (Å²) in [6.07, 6.45) is 2.08. The highest BCUT2D eigenvalue weighted by atomic mass is 35.5. The number of carbonyl (C=O) groups excluding carboxylic acids is 3. The maximum absolute atomic E-state index is 13.9. The molecule has 0 radical (unpaired) electrons. The predicted octanol–water partition coefficient (Wildman–Crippen LogP) is 4.81. The van der Waals surface area contributed by atoms with Gasteiger partial charge in [0.2, 0.25) is 5.91 Å². The molecular formula is C33H34Cl2N4O5. The number of nitrogens with one attached hydrogen (secondary N) is 1. The number of halogens is 2. The van der Waals surface area contributed by atoms with Gasteiger partial charge in [0.25, 0.3) is 11.8 Å². The lowest BCUT2D eigenvalue weighted by atomic mass is 9.97. The van der Waals surface area contributed by atoms with Gasteiger partial charge in [0, 0.05) is 44.4 Å². The lowest BCUT2D eigenvalue weighted by Crippen LogP contribution is -2.48. The van der Waals surface area contributed by atoms with Gasteiger partial charge in [0.1, 0.15) is 12.3 Å². The van der Waals surface area contributed by atoms with E-state index in [1.807, 2.05) is 42.5 Å². The Kier molecular flexibility index (Phi) is 9.09. The monoisotopic (exact) mass is 636 g/mol. The molecular weight excluding hydrogens is 603 g/mol. The first-order valence-corrected chi connectivity index (χ1v) is 15.5. The average Bonchev–Trinajstić information content (AvgIpc) is 3.86. The molecule has 0 bridgehead atoms. The molecule has 11 heteroatoms. The van der Waals surface area contributed by atoms with E-state index in [1.54, 1.807) is 24.1 Å². The number of carbonyl (C=O) groups is 3. The van der Waals surface area contributed by atoms with Crippen molar-refractivity contribution in [3.63, 3.8) is 0 Å². The Morgan fingerprint density at radius 3 is 2.45 bits per heavy atom. The third kappa shape index (κ3) is 6.86. The summed E-state index contributed by atoms with van der Waals surface area (Å²) in [6, 6.07) is 18.8. The van der Waals surface area contributed by atoms with Crippen molar-refractivity contribution in [1.29, 1.82) is 0 Å². The van der Waals surface area contributed by atoms with E-state index in [4.69, 9.17) is 32.7 Å². The molecule has 0 aromatic heterocycles. The van der Waals surface area contributed by atoms with E-state index in [1.165, 1.54) is 4.90 Å². The number of amides is 3. The Morgan fingerprint density at radius 2 is 1.73 bits per heavy atom. The number of likely N-dealkylation sites (N-methyl/N-ethyl adjacent to an activating group) is 1. The fraction of sp³-hybridized carbons (Fsp3) is 0.364. The van der Waals surface area contributed by atoms with Gasteiger partial charge >= 0.3 is 0 Å². The fourth-order valence-electron chi connectivity index (χ4n) is 5.51. The molecule has 3 aromatic carbocycles. The fourth-order valence-corrected chi connectivity index (χ4v) is 5.82. The molecule has 1 saturated carbocycles. The van der Waals surface area contributed by atoms with Gasteiger partial charge in [-0.15, -0.1) is 0 Å². The Bertz CT molecular complexity index is 1560. The predicted molar refractivity (Wildman–Crippen MR) is 169 cm³/mol. The first kappa shape index (κ1) is 30.4. The molecule has 230 valence electrons. The summed E-state index contributed by atoms with van der Waals surface area (Å²) in [5.74, 6) is -0.209.